The summed E-state index contributed by atoms with van der Waals surface area (Å²) in [6.45, 7) is 4.83. The molecule has 4 aliphatic rings. The van der Waals surface area contributed by atoms with Crippen LogP contribution in [0.15, 0.2) is 44.2 Å². The summed E-state index contributed by atoms with van der Waals surface area (Å²) in [5.41, 5.74) is 3.94. The summed E-state index contributed by atoms with van der Waals surface area (Å²) >= 11 is 5.24. The van der Waals surface area contributed by atoms with Gasteiger partial charge in [0.1, 0.15) is 18.0 Å². The van der Waals surface area contributed by atoms with Crippen molar-refractivity contribution < 1.29 is 9.53 Å². The van der Waals surface area contributed by atoms with Gasteiger partial charge < -0.3 is 15.4 Å². The maximum Gasteiger partial charge on any atom is 0.223 e. The number of anilines is 1. The van der Waals surface area contributed by atoms with Crippen LogP contribution in [0.2, 0.25) is 0 Å². The van der Waals surface area contributed by atoms with Crippen LogP contribution < -0.4 is 10.6 Å². The van der Waals surface area contributed by atoms with Crippen molar-refractivity contribution in [3.8, 4) is 0 Å². The predicted octanol–water partition coefficient (Wildman–Crippen LogP) is 4.36. The summed E-state index contributed by atoms with van der Waals surface area (Å²) < 4.78 is 7.37. The third-order valence-corrected chi connectivity index (χ3v) is 7.56. The molecule has 2 unspecified atom stereocenters. The Labute approximate surface area is 199 Å². The Morgan fingerprint density at radius 1 is 1.34 bits per heavy atom. The number of aromatic nitrogens is 1. The van der Waals surface area contributed by atoms with Crippen molar-refractivity contribution in [1.29, 1.82) is 0 Å². The molecule has 0 saturated heterocycles. The summed E-state index contributed by atoms with van der Waals surface area (Å²) in [5.74, 6) is 0.884. The SMILES string of the molecule is CCNC1=NC=C(C2=NN(C3=CCCC=C3Br)C3c4sc(NC(C)=O)nc4COC23)CC1. The Hall–Kier alpha value is -2.30. The quantitative estimate of drug-likeness (QED) is 0.620. The van der Waals surface area contributed by atoms with E-state index in [9.17, 15) is 4.79 Å². The zero-order valence-corrected chi connectivity index (χ0v) is 20.4. The van der Waals surface area contributed by atoms with Gasteiger partial charge in [0.15, 0.2) is 5.13 Å². The van der Waals surface area contributed by atoms with Crippen molar-refractivity contribution in [1.82, 2.24) is 15.3 Å². The van der Waals surface area contributed by atoms with E-state index in [2.05, 4.69) is 60.6 Å². The maximum absolute atomic E-state index is 11.6. The summed E-state index contributed by atoms with van der Waals surface area (Å²) in [6, 6.07) is -0.126. The lowest BCUT2D eigenvalue weighted by Gasteiger charge is -2.33. The number of thiazole rings is 1. The first-order valence-electron chi connectivity index (χ1n) is 10.9. The second-order valence-corrected chi connectivity index (χ2v) is 9.88. The zero-order chi connectivity index (χ0) is 22.2. The van der Waals surface area contributed by atoms with Crippen LogP contribution in [0, 0.1) is 0 Å². The molecule has 10 heteroatoms. The highest BCUT2D eigenvalue weighted by molar-refractivity contribution is 9.12. The Balaban J connectivity index is 1.54. The number of carbonyl (C=O) groups is 1. The van der Waals surface area contributed by atoms with E-state index in [0.29, 0.717) is 11.7 Å². The molecule has 3 aliphatic heterocycles. The highest BCUT2D eigenvalue weighted by atomic mass is 79.9. The summed E-state index contributed by atoms with van der Waals surface area (Å²) in [7, 11) is 0. The van der Waals surface area contributed by atoms with Crippen molar-refractivity contribution in [3.05, 3.63) is 44.7 Å². The van der Waals surface area contributed by atoms with E-state index in [4.69, 9.17) is 9.84 Å². The van der Waals surface area contributed by atoms with Crippen LogP contribution in [-0.4, -0.2) is 40.1 Å². The number of hydrogen-bond donors (Lipinski definition) is 2. The largest absolute Gasteiger partial charge is 0.374 e. The zero-order valence-electron chi connectivity index (χ0n) is 18.0. The van der Waals surface area contributed by atoms with Gasteiger partial charge in [-0.25, -0.2) is 9.98 Å². The normalized spacial score (nSPS) is 24.5. The highest BCUT2D eigenvalue weighted by Crippen LogP contribution is 2.48. The number of hydrogen-bond acceptors (Lipinski definition) is 8. The summed E-state index contributed by atoms with van der Waals surface area (Å²) in [6.07, 6.45) is 9.82. The van der Waals surface area contributed by atoms with E-state index in [1.165, 1.54) is 18.3 Å². The van der Waals surface area contributed by atoms with E-state index >= 15 is 0 Å². The number of nitrogens with one attached hydrogen (secondary N) is 2. The molecule has 4 heterocycles. The number of nitrogens with zero attached hydrogens (tertiary/aromatic N) is 4. The maximum atomic E-state index is 11.6. The second-order valence-electron chi connectivity index (χ2n) is 8.00. The number of amidine groups is 1. The van der Waals surface area contributed by atoms with Gasteiger partial charge in [-0.1, -0.05) is 23.5 Å². The van der Waals surface area contributed by atoms with Crippen LogP contribution in [0.25, 0.3) is 0 Å². The van der Waals surface area contributed by atoms with E-state index in [1.54, 1.807) is 0 Å². The van der Waals surface area contributed by atoms with Gasteiger partial charge in [0, 0.05) is 30.6 Å². The lowest BCUT2D eigenvalue weighted by atomic mass is 9.94. The Morgan fingerprint density at radius 3 is 2.91 bits per heavy atom. The van der Waals surface area contributed by atoms with Crippen molar-refractivity contribution in [2.24, 2.45) is 10.1 Å². The van der Waals surface area contributed by atoms with E-state index in [-0.39, 0.29) is 18.1 Å². The monoisotopic (exact) mass is 516 g/mol. The third-order valence-electron chi connectivity index (χ3n) is 5.75. The smallest absolute Gasteiger partial charge is 0.223 e. The molecule has 1 aromatic rings. The van der Waals surface area contributed by atoms with Gasteiger partial charge in [-0.2, -0.15) is 5.10 Å². The first-order chi connectivity index (χ1) is 15.5. The topological polar surface area (TPSA) is 91.2 Å². The molecule has 0 aromatic carbocycles. The Kier molecular flexibility index (Phi) is 6.00. The number of halogens is 1. The van der Waals surface area contributed by atoms with Crippen molar-refractivity contribution in [2.45, 2.75) is 58.3 Å². The van der Waals surface area contributed by atoms with Gasteiger partial charge >= 0.3 is 0 Å². The fourth-order valence-corrected chi connectivity index (χ4v) is 6.06. The lowest BCUT2D eigenvalue weighted by molar-refractivity contribution is -0.114. The van der Waals surface area contributed by atoms with Gasteiger partial charge in [0.25, 0.3) is 0 Å². The molecule has 0 radical (unpaired) electrons. The lowest BCUT2D eigenvalue weighted by Crippen LogP contribution is -2.36. The molecular weight excluding hydrogens is 492 g/mol. The molecular formula is C22H25BrN6O2S. The van der Waals surface area contributed by atoms with Crippen molar-refractivity contribution >= 4 is 49.9 Å². The summed E-state index contributed by atoms with van der Waals surface area (Å²) in [5, 5.41) is 13.9. The second kappa shape index (κ2) is 8.92. The number of hydrazone groups is 1. The molecule has 2 atom stereocenters. The molecule has 168 valence electrons. The van der Waals surface area contributed by atoms with Crippen molar-refractivity contribution in [3.63, 3.8) is 0 Å². The van der Waals surface area contributed by atoms with Crippen LogP contribution in [0.5, 0.6) is 0 Å². The van der Waals surface area contributed by atoms with Gasteiger partial charge in [-0.15, -0.1) is 0 Å². The molecule has 1 amide bonds. The number of fused-ring (bicyclic) bond motifs is 3. The highest BCUT2D eigenvalue weighted by Gasteiger charge is 2.47. The van der Waals surface area contributed by atoms with Crippen LogP contribution in [0.1, 0.15) is 56.1 Å². The number of aliphatic imine (C=N–C) groups is 1. The number of ether oxygens (including phenoxy) is 1. The van der Waals surface area contributed by atoms with Gasteiger partial charge in [-0.3, -0.25) is 9.80 Å². The molecule has 0 fully saturated rings. The van der Waals surface area contributed by atoms with Crippen LogP contribution >= 0.6 is 27.3 Å². The number of carbonyl (C=O) groups excluding carboxylic acids is 1. The minimum absolute atomic E-state index is 0.126. The molecule has 2 N–H and O–H groups in total. The average Bonchev–Trinajstić information content (AvgIpc) is 3.35. The summed E-state index contributed by atoms with van der Waals surface area (Å²) in [4.78, 5) is 21.9. The Morgan fingerprint density at radius 2 is 2.19 bits per heavy atom. The minimum Gasteiger partial charge on any atom is -0.374 e. The van der Waals surface area contributed by atoms with Crippen LogP contribution in [0.4, 0.5) is 5.13 Å². The molecule has 0 saturated carbocycles. The van der Waals surface area contributed by atoms with Gasteiger partial charge in [0.2, 0.25) is 5.91 Å². The van der Waals surface area contributed by atoms with E-state index in [1.807, 2.05) is 6.20 Å². The standard InChI is InChI=1S/C22H25BrN6O2S/c1-3-24-17-9-8-13(10-25-17)18-20-19(29(28-18)16-7-5-4-6-14(16)23)21-15(11-31-20)27-22(32-21)26-12(2)30/h6-7,10,19-20H,3-5,8-9,11H2,1-2H3,(H,24,25)(H,26,27,30). The van der Waals surface area contributed by atoms with E-state index < -0.39 is 0 Å². The molecule has 1 aliphatic carbocycles. The molecule has 5 rings (SSSR count). The first kappa shape index (κ1) is 21.5. The van der Waals surface area contributed by atoms with Gasteiger partial charge in [-0.05, 0) is 47.7 Å². The number of amides is 1. The van der Waals surface area contributed by atoms with Crippen molar-refractivity contribution in [2.75, 3.05) is 11.9 Å². The fraction of sp³-hybridized carbons (Fsp3) is 0.455. The molecule has 32 heavy (non-hydrogen) atoms. The fourth-order valence-electron chi connectivity index (χ4n) is 4.36. The molecule has 1 aromatic heterocycles. The third kappa shape index (κ3) is 3.95. The Bertz CT molecular complexity index is 1100. The van der Waals surface area contributed by atoms with Crippen LogP contribution in [0.3, 0.4) is 0 Å². The first-order valence-corrected chi connectivity index (χ1v) is 12.5. The van der Waals surface area contributed by atoms with E-state index in [0.717, 1.165) is 70.1 Å². The minimum atomic E-state index is -0.210. The predicted molar refractivity (Wildman–Crippen MR) is 130 cm³/mol. The van der Waals surface area contributed by atoms with Crippen LogP contribution in [-0.2, 0) is 16.1 Å². The molecule has 0 spiro atoms. The molecule has 0 bridgehead atoms. The molecule has 8 nitrogen and oxygen atoms in total. The average molecular weight is 517 g/mol. The van der Waals surface area contributed by atoms with Gasteiger partial charge in [0.05, 0.1) is 28.6 Å². The number of allylic oxidation sites excluding steroid dienone is 3. The number of rotatable bonds is 4.